The van der Waals surface area contributed by atoms with Gasteiger partial charge in [-0.3, -0.25) is 4.90 Å². The Kier molecular flexibility index (Phi) is 6.95. The second-order valence-electron chi connectivity index (χ2n) is 3.55. The second-order valence-corrected chi connectivity index (χ2v) is 3.55. The van der Waals surface area contributed by atoms with Crippen molar-refractivity contribution in [1.29, 1.82) is 0 Å². The molecule has 0 aromatic heterocycles. The van der Waals surface area contributed by atoms with Gasteiger partial charge >= 0.3 is 0 Å². The zero-order valence-corrected chi connectivity index (χ0v) is 9.22. The quantitative estimate of drug-likeness (QED) is 0.601. The van der Waals surface area contributed by atoms with E-state index in [0.717, 1.165) is 52.5 Å². The van der Waals surface area contributed by atoms with Gasteiger partial charge in [0, 0.05) is 39.3 Å². The summed E-state index contributed by atoms with van der Waals surface area (Å²) in [5, 5.41) is 6.44. The molecule has 84 valence electrons. The van der Waals surface area contributed by atoms with E-state index in [1.165, 1.54) is 6.54 Å². The molecule has 4 heteroatoms. The predicted molar refractivity (Wildman–Crippen MR) is 58.7 cm³/mol. The first-order valence-corrected chi connectivity index (χ1v) is 5.65. The minimum absolute atomic E-state index is 0.924. The number of nitrogens with one attached hydrogen (secondary N) is 2. The van der Waals surface area contributed by atoms with E-state index >= 15 is 0 Å². The molecule has 2 fully saturated rings. The van der Waals surface area contributed by atoms with Crippen molar-refractivity contribution >= 4 is 0 Å². The van der Waals surface area contributed by atoms with Crippen molar-refractivity contribution in [3.05, 3.63) is 0 Å². The normalized spacial score (nSPS) is 23.8. The molecule has 2 saturated heterocycles. The molecule has 0 spiro atoms. The van der Waals surface area contributed by atoms with Crippen molar-refractivity contribution < 1.29 is 4.74 Å². The van der Waals surface area contributed by atoms with Gasteiger partial charge in [0.25, 0.3) is 0 Å². The van der Waals surface area contributed by atoms with Crippen molar-refractivity contribution in [2.75, 3.05) is 59.0 Å². The summed E-state index contributed by atoms with van der Waals surface area (Å²) in [4.78, 5) is 2.39. The second kappa shape index (κ2) is 8.17. The Bertz CT molecular complexity index is 111. The van der Waals surface area contributed by atoms with E-state index in [0.29, 0.717) is 0 Å². The average Bonchev–Trinajstić information content (AvgIpc) is 2.33. The summed E-state index contributed by atoms with van der Waals surface area (Å²) >= 11 is 0. The highest BCUT2D eigenvalue weighted by Crippen LogP contribution is 1.93. The van der Waals surface area contributed by atoms with Crippen LogP contribution in [-0.2, 0) is 4.74 Å². The molecule has 4 nitrogen and oxygen atoms in total. The van der Waals surface area contributed by atoms with Crippen LogP contribution in [0.1, 0.15) is 6.92 Å². The zero-order chi connectivity index (χ0) is 10.1. The fourth-order valence-electron chi connectivity index (χ4n) is 1.52. The van der Waals surface area contributed by atoms with Crippen molar-refractivity contribution in [3.63, 3.8) is 0 Å². The lowest BCUT2D eigenvalue weighted by molar-refractivity contribution is 0.0405. The third-order valence-electron chi connectivity index (χ3n) is 2.51. The maximum atomic E-state index is 5.16. The number of hydrogen-bond donors (Lipinski definition) is 2. The highest BCUT2D eigenvalue weighted by molar-refractivity contribution is 4.59. The first-order chi connectivity index (χ1) is 6.93. The molecule has 0 bridgehead atoms. The Morgan fingerprint density at radius 1 is 1.00 bits per heavy atom. The van der Waals surface area contributed by atoms with Gasteiger partial charge in [0.1, 0.15) is 0 Å². The molecule has 0 aromatic rings. The molecule has 0 unspecified atom stereocenters. The average molecular weight is 201 g/mol. The number of rotatable bonds is 1. The standard InChI is InChI=1S/C6H13NO.C4H10N2/c1-2-7-3-5-8-6-4-7;1-2-6-4-3-5-1/h2-6H2,1H3;5-6H,1-4H2. The van der Waals surface area contributed by atoms with Crippen LogP contribution in [-0.4, -0.2) is 63.9 Å². The van der Waals surface area contributed by atoms with Crippen molar-refractivity contribution in [2.24, 2.45) is 0 Å². The molecule has 0 aliphatic carbocycles. The molecule has 0 aromatic carbocycles. The molecule has 2 N–H and O–H groups in total. The molecule has 0 saturated carbocycles. The summed E-state index contributed by atoms with van der Waals surface area (Å²) in [6.07, 6.45) is 0. The largest absolute Gasteiger partial charge is 0.379 e. The van der Waals surface area contributed by atoms with Crippen LogP contribution in [0.15, 0.2) is 0 Å². The van der Waals surface area contributed by atoms with Crippen LogP contribution in [0.3, 0.4) is 0 Å². The summed E-state index contributed by atoms with van der Waals surface area (Å²) in [6.45, 7) is 12.0. The van der Waals surface area contributed by atoms with Gasteiger partial charge in [0.15, 0.2) is 0 Å². The summed E-state index contributed by atoms with van der Waals surface area (Å²) in [6, 6.07) is 0. The number of piperazine rings is 1. The Hall–Kier alpha value is -0.160. The minimum Gasteiger partial charge on any atom is -0.379 e. The summed E-state index contributed by atoms with van der Waals surface area (Å²) in [7, 11) is 0. The van der Waals surface area contributed by atoms with Gasteiger partial charge in [-0.1, -0.05) is 6.92 Å². The number of nitrogens with zero attached hydrogens (tertiary/aromatic N) is 1. The first kappa shape index (κ1) is 11.9. The highest BCUT2D eigenvalue weighted by Gasteiger charge is 2.05. The van der Waals surface area contributed by atoms with E-state index in [1.807, 2.05) is 0 Å². The van der Waals surface area contributed by atoms with Gasteiger partial charge in [-0.25, -0.2) is 0 Å². The van der Waals surface area contributed by atoms with E-state index in [4.69, 9.17) is 4.74 Å². The van der Waals surface area contributed by atoms with Crippen LogP contribution >= 0.6 is 0 Å². The van der Waals surface area contributed by atoms with Gasteiger partial charge < -0.3 is 15.4 Å². The Labute approximate surface area is 87.0 Å². The van der Waals surface area contributed by atoms with Crippen LogP contribution in [0.4, 0.5) is 0 Å². The SMILES string of the molecule is C1CNCCN1.CCN1CCOCC1. The van der Waals surface area contributed by atoms with Crippen LogP contribution in [0.25, 0.3) is 0 Å². The molecular formula is C10H23N3O. The van der Waals surface area contributed by atoms with Crippen molar-refractivity contribution in [2.45, 2.75) is 6.92 Å². The summed E-state index contributed by atoms with van der Waals surface area (Å²) < 4.78 is 5.16. The summed E-state index contributed by atoms with van der Waals surface area (Å²) in [5.74, 6) is 0. The maximum Gasteiger partial charge on any atom is 0.0594 e. The van der Waals surface area contributed by atoms with Crippen LogP contribution in [0, 0.1) is 0 Å². The predicted octanol–water partition coefficient (Wildman–Crippen LogP) is -0.482. The molecule has 14 heavy (non-hydrogen) atoms. The van der Waals surface area contributed by atoms with E-state index in [-0.39, 0.29) is 0 Å². The van der Waals surface area contributed by atoms with E-state index < -0.39 is 0 Å². The van der Waals surface area contributed by atoms with Gasteiger partial charge in [-0.15, -0.1) is 0 Å². The number of hydrogen-bond acceptors (Lipinski definition) is 4. The molecular weight excluding hydrogens is 178 g/mol. The van der Waals surface area contributed by atoms with E-state index in [2.05, 4.69) is 22.5 Å². The Balaban J connectivity index is 0.000000146. The van der Waals surface area contributed by atoms with E-state index in [9.17, 15) is 0 Å². The van der Waals surface area contributed by atoms with Gasteiger partial charge in [0.2, 0.25) is 0 Å². The molecule has 0 radical (unpaired) electrons. The lowest BCUT2D eigenvalue weighted by Gasteiger charge is -2.24. The molecule has 0 atom stereocenters. The molecule has 0 amide bonds. The van der Waals surface area contributed by atoms with Gasteiger partial charge in [-0.05, 0) is 6.54 Å². The van der Waals surface area contributed by atoms with Gasteiger partial charge in [0.05, 0.1) is 13.2 Å². The number of ether oxygens (including phenoxy) is 1. The number of morpholine rings is 1. The van der Waals surface area contributed by atoms with Crippen LogP contribution in [0.2, 0.25) is 0 Å². The topological polar surface area (TPSA) is 36.5 Å². The monoisotopic (exact) mass is 201 g/mol. The minimum atomic E-state index is 0.924. The number of likely N-dealkylation sites (N-methyl/N-ethyl adjacent to an activating group) is 1. The lowest BCUT2D eigenvalue weighted by Crippen LogP contribution is -2.39. The first-order valence-electron chi connectivity index (χ1n) is 5.65. The fraction of sp³-hybridized carbons (Fsp3) is 1.00. The van der Waals surface area contributed by atoms with Crippen molar-refractivity contribution in [1.82, 2.24) is 15.5 Å². The maximum absolute atomic E-state index is 5.16. The Morgan fingerprint density at radius 3 is 1.79 bits per heavy atom. The molecule has 2 aliphatic heterocycles. The van der Waals surface area contributed by atoms with Gasteiger partial charge in [-0.2, -0.15) is 0 Å². The fourth-order valence-corrected chi connectivity index (χ4v) is 1.52. The van der Waals surface area contributed by atoms with Crippen LogP contribution < -0.4 is 10.6 Å². The molecule has 2 heterocycles. The molecule has 2 aliphatic rings. The summed E-state index contributed by atoms with van der Waals surface area (Å²) in [5.41, 5.74) is 0. The van der Waals surface area contributed by atoms with Crippen molar-refractivity contribution in [3.8, 4) is 0 Å². The lowest BCUT2D eigenvalue weighted by atomic mass is 10.4. The van der Waals surface area contributed by atoms with E-state index in [1.54, 1.807) is 0 Å². The third kappa shape index (κ3) is 5.54. The zero-order valence-electron chi connectivity index (χ0n) is 9.22. The third-order valence-corrected chi connectivity index (χ3v) is 2.51. The molecule has 2 rings (SSSR count). The smallest absolute Gasteiger partial charge is 0.0594 e. The Morgan fingerprint density at radius 2 is 1.50 bits per heavy atom. The highest BCUT2D eigenvalue weighted by atomic mass is 16.5. The van der Waals surface area contributed by atoms with Crippen LogP contribution in [0.5, 0.6) is 0 Å².